The van der Waals surface area contributed by atoms with Crippen molar-refractivity contribution in [2.75, 3.05) is 6.54 Å². The third-order valence-electron chi connectivity index (χ3n) is 1.56. The van der Waals surface area contributed by atoms with Gasteiger partial charge in [-0.2, -0.15) is 13.2 Å². The van der Waals surface area contributed by atoms with Crippen molar-refractivity contribution in [3.05, 3.63) is 0 Å². The van der Waals surface area contributed by atoms with Crippen LogP contribution in [0.5, 0.6) is 0 Å². The summed E-state index contributed by atoms with van der Waals surface area (Å²) in [6.45, 7) is 5.35. The second-order valence-electron chi connectivity index (χ2n) is 4.50. The molecule has 6 heteroatoms. The molecule has 16 heavy (non-hydrogen) atoms. The van der Waals surface area contributed by atoms with E-state index in [1.54, 1.807) is 20.8 Å². The Balaban J connectivity index is 3.50. The topological polar surface area (TPSA) is 38.3 Å². The number of halogens is 3. The fraction of sp³-hybridized carbons (Fsp3) is 0.900. The standard InChI is InChI=1S/C10H18F3NO2/c1-9(2,3)16-8(15)14-7-5-4-6-10(11,12)13/h4-7H2,1-3H3,(H,14,15). The number of alkyl halides is 3. The summed E-state index contributed by atoms with van der Waals surface area (Å²) in [6.07, 6.45) is -5.23. The normalized spacial score (nSPS) is 12.4. The van der Waals surface area contributed by atoms with Crippen molar-refractivity contribution in [3.8, 4) is 0 Å². The molecule has 0 heterocycles. The van der Waals surface area contributed by atoms with Crippen LogP contribution in [0, 0.1) is 0 Å². The Morgan fingerprint density at radius 3 is 2.19 bits per heavy atom. The van der Waals surface area contributed by atoms with Crippen LogP contribution in [0.1, 0.15) is 40.0 Å². The minimum absolute atomic E-state index is 0.0132. The number of amides is 1. The number of carbonyl (C=O) groups excluding carboxylic acids is 1. The van der Waals surface area contributed by atoms with Crippen LogP contribution in [0.3, 0.4) is 0 Å². The lowest BCUT2D eigenvalue weighted by molar-refractivity contribution is -0.135. The Labute approximate surface area is 93.3 Å². The molecule has 0 radical (unpaired) electrons. The molecule has 0 aliphatic heterocycles. The monoisotopic (exact) mass is 241 g/mol. The van der Waals surface area contributed by atoms with Crippen LogP contribution in [0.25, 0.3) is 0 Å². The SMILES string of the molecule is CC(C)(C)OC(=O)NCCCCC(F)(F)F. The lowest BCUT2D eigenvalue weighted by atomic mass is 10.2. The largest absolute Gasteiger partial charge is 0.444 e. The third kappa shape index (κ3) is 11.1. The molecule has 0 aliphatic rings. The predicted octanol–water partition coefficient (Wildman–Crippen LogP) is 3.24. The van der Waals surface area contributed by atoms with Gasteiger partial charge in [-0.05, 0) is 33.6 Å². The molecule has 0 aromatic carbocycles. The van der Waals surface area contributed by atoms with Crippen molar-refractivity contribution in [2.45, 2.75) is 51.8 Å². The van der Waals surface area contributed by atoms with Crippen molar-refractivity contribution < 1.29 is 22.7 Å². The van der Waals surface area contributed by atoms with Gasteiger partial charge in [0.1, 0.15) is 5.60 Å². The molecule has 0 saturated heterocycles. The van der Waals surface area contributed by atoms with Crippen LogP contribution < -0.4 is 5.32 Å². The molecule has 0 rings (SSSR count). The summed E-state index contributed by atoms with van der Waals surface area (Å²) in [6, 6.07) is 0. The molecule has 1 amide bonds. The summed E-state index contributed by atoms with van der Waals surface area (Å²) < 4.78 is 40.2. The van der Waals surface area contributed by atoms with Gasteiger partial charge >= 0.3 is 12.3 Å². The van der Waals surface area contributed by atoms with E-state index in [1.165, 1.54) is 0 Å². The van der Waals surface area contributed by atoms with Crippen LogP contribution in [0.4, 0.5) is 18.0 Å². The number of alkyl carbamates (subject to hydrolysis) is 1. The maximum atomic E-state index is 11.8. The van der Waals surface area contributed by atoms with Gasteiger partial charge in [0.2, 0.25) is 0 Å². The molecular weight excluding hydrogens is 223 g/mol. The molecule has 0 spiro atoms. The Kier molecular flexibility index (Phi) is 5.61. The second-order valence-corrected chi connectivity index (χ2v) is 4.50. The molecule has 1 N–H and O–H groups in total. The predicted molar refractivity (Wildman–Crippen MR) is 54.1 cm³/mol. The summed E-state index contributed by atoms with van der Waals surface area (Å²) in [5.74, 6) is 0. The zero-order valence-corrected chi connectivity index (χ0v) is 9.78. The Hall–Kier alpha value is -0.940. The van der Waals surface area contributed by atoms with E-state index in [0.717, 1.165) is 0 Å². The summed E-state index contributed by atoms with van der Waals surface area (Å²) in [4.78, 5) is 11.1. The highest BCUT2D eigenvalue weighted by Gasteiger charge is 2.25. The summed E-state index contributed by atoms with van der Waals surface area (Å²) >= 11 is 0. The highest BCUT2D eigenvalue weighted by Crippen LogP contribution is 2.21. The van der Waals surface area contributed by atoms with Crippen molar-refractivity contribution in [3.63, 3.8) is 0 Å². The van der Waals surface area contributed by atoms with Crippen LogP contribution in [-0.4, -0.2) is 24.4 Å². The molecule has 0 unspecified atom stereocenters. The van der Waals surface area contributed by atoms with Crippen molar-refractivity contribution in [2.24, 2.45) is 0 Å². The average molecular weight is 241 g/mol. The maximum Gasteiger partial charge on any atom is 0.407 e. The molecule has 0 atom stereocenters. The number of carbonyl (C=O) groups is 1. The smallest absolute Gasteiger partial charge is 0.407 e. The molecule has 0 fully saturated rings. The van der Waals surface area contributed by atoms with Gasteiger partial charge in [0.25, 0.3) is 0 Å². The van der Waals surface area contributed by atoms with Crippen LogP contribution in [0.15, 0.2) is 0 Å². The lowest BCUT2D eigenvalue weighted by Crippen LogP contribution is -2.33. The highest BCUT2D eigenvalue weighted by atomic mass is 19.4. The number of nitrogens with one attached hydrogen (secondary N) is 1. The first-order valence-corrected chi connectivity index (χ1v) is 5.14. The Bertz CT molecular complexity index is 221. The van der Waals surface area contributed by atoms with Gasteiger partial charge in [-0.25, -0.2) is 4.79 Å². The number of ether oxygens (including phenoxy) is 1. The van der Waals surface area contributed by atoms with Crippen molar-refractivity contribution >= 4 is 6.09 Å². The van der Waals surface area contributed by atoms with Crippen molar-refractivity contribution in [1.29, 1.82) is 0 Å². The number of unbranched alkanes of at least 4 members (excludes halogenated alkanes) is 1. The molecule has 0 aliphatic carbocycles. The quantitative estimate of drug-likeness (QED) is 0.767. The minimum Gasteiger partial charge on any atom is -0.444 e. The third-order valence-corrected chi connectivity index (χ3v) is 1.56. The Morgan fingerprint density at radius 2 is 1.75 bits per heavy atom. The summed E-state index contributed by atoms with van der Waals surface area (Å²) in [7, 11) is 0. The highest BCUT2D eigenvalue weighted by molar-refractivity contribution is 5.67. The minimum atomic E-state index is -4.12. The fourth-order valence-corrected chi connectivity index (χ4v) is 0.955. The number of hydrogen-bond donors (Lipinski definition) is 1. The average Bonchev–Trinajstić information content (AvgIpc) is 1.97. The zero-order chi connectivity index (χ0) is 12.8. The van der Waals surface area contributed by atoms with E-state index in [-0.39, 0.29) is 13.0 Å². The van der Waals surface area contributed by atoms with E-state index in [9.17, 15) is 18.0 Å². The fourth-order valence-electron chi connectivity index (χ4n) is 0.955. The molecule has 3 nitrogen and oxygen atoms in total. The van der Waals surface area contributed by atoms with Gasteiger partial charge in [0, 0.05) is 13.0 Å². The molecule has 0 bridgehead atoms. The van der Waals surface area contributed by atoms with Gasteiger partial charge in [-0.3, -0.25) is 0 Å². The zero-order valence-electron chi connectivity index (χ0n) is 9.78. The van der Waals surface area contributed by atoms with Crippen LogP contribution in [-0.2, 0) is 4.74 Å². The number of hydrogen-bond acceptors (Lipinski definition) is 2. The van der Waals surface area contributed by atoms with E-state index in [1.807, 2.05) is 0 Å². The number of rotatable bonds is 4. The first-order chi connectivity index (χ1) is 7.10. The Morgan fingerprint density at radius 1 is 1.19 bits per heavy atom. The summed E-state index contributed by atoms with van der Waals surface area (Å²) in [5, 5.41) is 2.40. The van der Waals surface area contributed by atoms with E-state index < -0.39 is 24.3 Å². The molecular formula is C10H18F3NO2. The van der Waals surface area contributed by atoms with Crippen LogP contribution in [0.2, 0.25) is 0 Å². The maximum absolute atomic E-state index is 11.8. The van der Waals surface area contributed by atoms with E-state index >= 15 is 0 Å². The second kappa shape index (κ2) is 5.96. The van der Waals surface area contributed by atoms with Crippen LogP contribution >= 0.6 is 0 Å². The van der Waals surface area contributed by atoms with E-state index in [0.29, 0.717) is 6.42 Å². The first kappa shape index (κ1) is 15.1. The van der Waals surface area contributed by atoms with Gasteiger partial charge < -0.3 is 10.1 Å². The molecule has 0 aromatic heterocycles. The van der Waals surface area contributed by atoms with Gasteiger partial charge in [-0.15, -0.1) is 0 Å². The molecule has 96 valence electrons. The van der Waals surface area contributed by atoms with Gasteiger partial charge in [-0.1, -0.05) is 0 Å². The van der Waals surface area contributed by atoms with Gasteiger partial charge in [0.15, 0.2) is 0 Å². The van der Waals surface area contributed by atoms with Gasteiger partial charge in [0.05, 0.1) is 0 Å². The summed E-state index contributed by atoms with van der Waals surface area (Å²) in [5.41, 5.74) is -0.587. The van der Waals surface area contributed by atoms with E-state index in [4.69, 9.17) is 4.74 Å². The van der Waals surface area contributed by atoms with Crippen molar-refractivity contribution in [1.82, 2.24) is 5.32 Å². The van der Waals surface area contributed by atoms with E-state index in [2.05, 4.69) is 5.32 Å². The lowest BCUT2D eigenvalue weighted by Gasteiger charge is -2.19. The molecule has 0 aromatic rings. The first-order valence-electron chi connectivity index (χ1n) is 5.14. The molecule has 0 saturated carbocycles.